The zero-order chi connectivity index (χ0) is 14.0. The summed E-state index contributed by atoms with van der Waals surface area (Å²) in [5, 5.41) is 12.2. The first-order valence-electron chi connectivity index (χ1n) is 5.93. The summed E-state index contributed by atoms with van der Waals surface area (Å²) in [6.45, 7) is 0.158. The zero-order valence-electron chi connectivity index (χ0n) is 10.0. The van der Waals surface area contributed by atoms with Crippen molar-refractivity contribution in [3.63, 3.8) is 0 Å². The predicted molar refractivity (Wildman–Crippen MR) is 72.6 cm³/mol. The van der Waals surface area contributed by atoms with Gasteiger partial charge in [0, 0.05) is 22.5 Å². The SMILES string of the molecule is O=C(O)CCNC(=O)C1CC1c1ccc(Cl)cc1Cl. The Bertz CT molecular complexity index is 519. The van der Waals surface area contributed by atoms with Crippen LogP contribution in [-0.4, -0.2) is 23.5 Å². The number of rotatable bonds is 5. The van der Waals surface area contributed by atoms with Crippen molar-refractivity contribution in [1.29, 1.82) is 0 Å². The molecule has 0 aliphatic heterocycles. The maximum absolute atomic E-state index is 11.8. The van der Waals surface area contributed by atoms with Crippen LogP contribution in [0.2, 0.25) is 10.0 Å². The largest absolute Gasteiger partial charge is 0.481 e. The first-order chi connectivity index (χ1) is 8.99. The Morgan fingerprint density at radius 3 is 2.74 bits per heavy atom. The number of hydrogen-bond donors (Lipinski definition) is 2. The Morgan fingerprint density at radius 2 is 2.11 bits per heavy atom. The number of carboxylic acids is 1. The third kappa shape index (κ3) is 3.61. The molecular formula is C13H13Cl2NO3. The van der Waals surface area contributed by atoms with Crippen LogP contribution < -0.4 is 5.32 Å². The quantitative estimate of drug-likeness (QED) is 0.879. The molecule has 2 N–H and O–H groups in total. The molecule has 0 aromatic heterocycles. The molecule has 4 nitrogen and oxygen atoms in total. The average molecular weight is 302 g/mol. The molecule has 0 saturated heterocycles. The summed E-state index contributed by atoms with van der Waals surface area (Å²) in [6, 6.07) is 5.25. The van der Waals surface area contributed by atoms with Crippen LogP contribution in [0.15, 0.2) is 18.2 Å². The van der Waals surface area contributed by atoms with Gasteiger partial charge in [-0.25, -0.2) is 0 Å². The van der Waals surface area contributed by atoms with Crippen LogP contribution >= 0.6 is 23.2 Å². The number of benzene rings is 1. The van der Waals surface area contributed by atoms with Gasteiger partial charge in [0.2, 0.25) is 5.91 Å². The van der Waals surface area contributed by atoms with Crippen LogP contribution in [0.5, 0.6) is 0 Å². The molecule has 1 aliphatic carbocycles. The van der Waals surface area contributed by atoms with Gasteiger partial charge in [-0.15, -0.1) is 0 Å². The van der Waals surface area contributed by atoms with Gasteiger partial charge in [0.1, 0.15) is 0 Å². The summed E-state index contributed by atoms with van der Waals surface area (Å²) in [6.07, 6.45) is 0.672. The highest BCUT2D eigenvalue weighted by Gasteiger charge is 2.44. The van der Waals surface area contributed by atoms with Crippen molar-refractivity contribution in [1.82, 2.24) is 5.32 Å². The Morgan fingerprint density at radius 1 is 1.37 bits per heavy atom. The topological polar surface area (TPSA) is 66.4 Å². The van der Waals surface area contributed by atoms with Gasteiger partial charge in [0.05, 0.1) is 6.42 Å². The lowest BCUT2D eigenvalue weighted by atomic mass is 10.1. The second-order valence-corrected chi connectivity index (χ2v) is 5.39. The lowest BCUT2D eigenvalue weighted by Gasteiger charge is -2.05. The van der Waals surface area contributed by atoms with E-state index in [4.69, 9.17) is 28.3 Å². The van der Waals surface area contributed by atoms with E-state index in [2.05, 4.69) is 5.32 Å². The van der Waals surface area contributed by atoms with Crippen LogP contribution in [0.1, 0.15) is 24.3 Å². The van der Waals surface area contributed by atoms with Gasteiger partial charge >= 0.3 is 5.97 Å². The summed E-state index contributed by atoms with van der Waals surface area (Å²) in [5.41, 5.74) is 0.921. The smallest absolute Gasteiger partial charge is 0.305 e. The Labute approximate surface area is 120 Å². The van der Waals surface area contributed by atoms with Crippen molar-refractivity contribution >= 4 is 35.1 Å². The minimum absolute atomic E-state index is 0.0647. The minimum Gasteiger partial charge on any atom is -0.481 e. The predicted octanol–water partition coefficient (Wildman–Crippen LogP) is 2.69. The third-order valence-electron chi connectivity index (χ3n) is 3.13. The van der Waals surface area contributed by atoms with E-state index in [1.54, 1.807) is 12.1 Å². The highest BCUT2D eigenvalue weighted by Crippen LogP contribution is 2.49. The molecule has 102 valence electrons. The number of carboxylic acid groups (broad SMARTS) is 1. The molecule has 0 bridgehead atoms. The van der Waals surface area contributed by atoms with Gasteiger partial charge in [-0.05, 0) is 30.0 Å². The Kier molecular flexibility index (Phi) is 4.32. The highest BCUT2D eigenvalue weighted by atomic mass is 35.5. The molecule has 2 atom stereocenters. The van der Waals surface area contributed by atoms with Gasteiger partial charge < -0.3 is 10.4 Å². The van der Waals surface area contributed by atoms with Crippen molar-refractivity contribution in [3.05, 3.63) is 33.8 Å². The van der Waals surface area contributed by atoms with Crippen LogP contribution in [0, 0.1) is 5.92 Å². The summed E-state index contributed by atoms with van der Waals surface area (Å²) >= 11 is 11.9. The molecule has 1 saturated carbocycles. The first-order valence-corrected chi connectivity index (χ1v) is 6.69. The summed E-state index contributed by atoms with van der Waals surface area (Å²) in [4.78, 5) is 22.1. The fraction of sp³-hybridized carbons (Fsp3) is 0.385. The summed E-state index contributed by atoms with van der Waals surface area (Å²) in [5.74, 6) is -1.05. The zero-order valence-corrected chi connectivity index (χ0v) is 11.5. The standard InChI is InChI=1S/C13H13Cl2NO3/c14-7-1-2-8(11(15)5-7)9-6-10(9)13(19)16-4-3-12(17)18/h1-2,5,9-10H,3-4,6H2,(H,16,19)(H,17,18). The van der Waals surface area contributed by atoms with E-state index in [0.29, 0.717) is 10.0 Å². The molecule has 1 aromatic rings. The number of hydrogen-bond acceptors (Lipinski definition) is 2. The lowest BCUT2D eigenvalue weighted by Crippen LogP contribution is -2.27. The molecule has 1 amide bonds. The van der Waals surface area contributed by atoms with Crippen molar-refractivity contribution in [2.75, 3.05) is 6.54 Å². The average Bonchev–Trinajstić information content (AvgIpc) is 3.08. The van der Waals surface area contributed by atoms with Crippen LogP contribution in [0.25, 0.3) is 0 Å². The van der Waals surface area contributed by atoms with Crippen LogP contribution in [-0.2, 0) is 9.59 Å². The number of amides is 1. The lowest BCUT2D eigenvalue weighted by molar-refractivity contribution is -0.136. The van der Waals surface area contributed by atoms with Crippen LogP contribution in [0.4, 0.5) is 0 Å². The van der Waals surface area contributed by atoms with Crippen molar-refractivity contribution in [2.24, 2.45) is 5.92 Å². The molecule has 1 fully saturated rings. The highest BCUT2D eigenvalue weighted by molar-refractivity contribution is 6.35. The molecule has 1 aromatic carbocycles. The normalized spacial score (nSPS) is 20.9. The molecule has 0 radical (unpaired) electrons. The summed E-state index contributed by atoms with van der Waals surface area (Å²) < 4.78 is 0. The van der Waals surface area contributed by atoms with Crippen molar-refractivity contribution in [3.8, 4) is 0 Å². The molecule has 2 rings (SSSR count). The third-order valence-corrected chi connectivity index (χ3v) is 3.69. The van der Waals surface area contributed by atoms with Gasteiger partial charge in [-0.1, -0.05) is 29.3 Å². The number of aliphatic carboxylic acids is 1. The Hall–Kier alpha value is -1.26. The second kappa shape index (κ2) is 5.80. The molecule has 6 heteroatoms. The molecule has 0 spiro atoms. The maximum atomic E-state index is 11.8. The van der Waals surface area contributed by atoms with E-state index < -0.39 is 5.97 Å². The monoisotopic (exact) mass is 301 g/mol. The van der Waals surface area contributed by atoms with Gasteiger partial charge in [-0.2, -0.15) is 0 Å². The molecule has 1 aliphatic rings. The molecule has 2 unspecified atom stereocenters. The molecular weight excluding hydrogens is 289 g/mol. The van der Waals surface area contributed by atoms with E-state index >= 15 is 0 Å². The van der Waals surface area contributed by atoms with Crippen LogP contribution in [0.3, 0.4) is 0 Å². The van der Waals surface area contributed by atoms with E-state index in [0.717, 1.165) is 12.0 Å². The first kappa shape index (κ1) is 14.2. The van der Waals surface area contributed by atoms with Crippen molar-refractivity contribution < 1.29 is 14.7 Å². The maximum Gasteiger partial charge on any atom is 0.305 e. The fourth-order valence-corrected chi connectivity index (χ4v) is 2.60. The van der Waals surface area contributed by atoms with Gasteiger partial charge in [0.15, 0.2) is 0 Å². The number of carbonyl (C=O) groups is 2. The number of nitrogens with one attached hydrogen (secondary N) is 1. The van der Waals surface area contributed by atoms with E-state index in [1.807, 2.05) is 6.07 Å². The van der Waals surface area contributed by atoms with Gasteiger partial charge in [-0.3, -0.25) is 9.59 Å². The molecule has 19 heavy (non-hydrogen) atoms. The van der Waals surface area contributed by atoms with Gasteiger partial charge in [0.25, 0.3) is 0 Å². The summed E-state index contributed by atoms with van der Waals surface area (Å²) in [7, 11) is 0. The van der Waals surface area contributed by atoms with E-state index in [9.17, 15) is 9.59 Å². The fourth-order valence-electron chi connectivity index (χ4n) is 2.05. The Balaban J connectivity index is 1.89. The number of carbonyl (C=O) groups excluding carboxylic acids is 1. The van der Waals surface area contributed by atoms with E-state index in [-0.39, 0.29) is 30.7 Å². The number of halogens is 2. The molecule has 0 heterocycles. The second-order valence-electron chi connectivity index (χ2n) is 4.55. The van der Waals surface area contributed by atoms with Crippen molar-refractivity contribution in [2.45, 2.75) is 18.8 Å². The van der Waals surface area contributed by atoms with E-state index in [1.165, 1.54) is 0 Å². The minimum atomic E-state index is -0.923.